The predicted molar refractivity (Wildman–Crippen MR) is 201 cm³/mol. The summed E-state index contributed by atoms with van der Waals surface area (Å²) in [6, 6.07) is 56.6. The van der Waals surface area contributed by atoms with Gasteiger partial charge in [-0.15, -0.1) is 47.5 Å². The number of aromatic nitrogens is 5. The maximum atomic E-state index is 5.12. The van der Waals surface area contributed by atoms with Gasteiger partial charge in [0.05, 0.1) is 33.7 Å². The van der Waals surface area contributed by atoms with Gasteiger partial charge in [-0.1, -0.05) is 95.9 Å². The first-order valence-electron chi connectivity index (χ1n) is 16.5. The van der Waals surface area contributed by atoms with Crippen LogP contribution in [0.2, 0.25) is 0 Å². The Labute approximate surface area is 303 Å². The van der Waals surface area contributed by atoms with Crippen molar-refractivity contribution in [3.8, 4) is 39.6 Å². The maximum Gasteiger partial charge on any atom is 2.00 e. The van der Waals surface area contributed by atoms with Crippen LogP contribution in [0.4, 0.5) is 0 Å². The van der Waals surface area contributed by atoms with E-state index in [0.29, 0.717) is 0 Å². The van der Waals surface area contributed by atoms with Crippen molar-refractivity contribution >= 4 is 54.6 Å². The van der Waals surface area contributed by atoms with Crippen LogP contribution in [-0.2, 0) is 35.2 Å². The number of hydrogen-bond donors (Lipinski definition) is 0. The molecular formula is C44H29N5Pt. The number of para-hydroxylation sites is 4. The van der Waals surface area contributed by atoms with E-state index in [1.807, 2.05) is 12.1 Å². The average molecular weight is 823 g/mol. The number of imidazole rings is 2. The van der Waals surface area contributed by atoms with E-state index in [1.54, 1.807) is 0 Å². The Bertz CT molecular complexity index is 2910. The third-order valence-electron chi connectivity index (χ3n) is 9.83. The van der Waals surface area contributed by atoms with Crippen molar-refractivity contribution in [3.63, 3.8) is 0 Å². The molecule has 0 saturated heterocycles. The summed E-state index contributed by atoms with van der Waals surface area (Å²) in [5.74, 6) is 1.75. The van der Waals surface area contributed by atoms with Gasteiger partial charge in [-0.25, -0.2) is 0 Å². The van der Waals surface area contributed by atoms with E-state index in [-0.39, 0.29) is 21.1 Å². The number of benzene rings is 7. The van der Waals surface area contributed by atoms with Crippen LogP contribution < -0.4 is 0 Å². The van der Waals surface area contributed by atoms with E-state index in [2.05, 4.69) is 167 Å². The smallest absolute Gasteiger partial charge is 0.367 e. The second-order valence-electron chi connectivity index (χ2n) is 12.6. The zero-order valence-electron chi connectivity index (χ0n) is 27.3. The summed E-state index contributed by atoms with van der Waals surface area (Å²) in [5.41, 5.74) is 11.3. The minimum Gasteiger partial charge on any atom is -0.367 e. The maximum absolute atomic E-state index is 5.12. The van der Waals surface area contributed by atoms with E-state index in [0.717, 1.165) is 78.1 Å². The molecule has 0 aliphatic heterocycles. The van der Waals surface area contributed by atoms with Crippen molar-refractivity contribution in [2.45, 2.75) is 0 Å². The summed E-state index contributed by atoms with van der Waals surface area (Å²) in [4.78, 5) is 10.1. The van der Waals surface area contributed by atoms with Gasteiger partial charge in [0.15, 0.2) is 0 Å². The summed E-state index contributed by atoms with van der Waals surface area (Å²) < 4.78 is 6.64. The van der Waals surface area contributed by atoms with Crippen LogP contribution in [-0.4, -0.2) is 23.7 Å². The Morgan fingerprint density at radius 3 is 1.88 bits per heavy atom. The molecule has 0 amide bonds. The first-order chi connectivity index (χ1) is 24.1. The molecule has 0 fully saturated rings. The minimum absolute atomic E-state index is 0. The molecule has 0 atom stereocenters. The Morgan fingerprint density at radius 1 is 0.520 bits per heavy atom. The number of aryl methyl sites for hydroxylation is 2. The van der Waals surface area contributed by atoms with Crippen LogP contribution in [0.25, 0.3) is 94.2 Å². The molecule has 0 spiro atoms. The largest absolute Gasteiger partial charge is 2.00 e. The molecule has 0 aliphatic rings. The molecular weight excluding hydrogens is 794 g/mol. The van der Waals surface area contributed by atoms with Crippen LogP contribution in [0.15, 0.2) is 140 Å². The standard InChI is InChI=1S/C44H29N5.Pt/c1-47-37-21-10-8-19-35(37)45-43(47)30-16-12-17-32(25-30)49-39-24-23-29-15-6-7-18-33(29)41(39)42-34(28-13-4-3-5-14-28)26-31(27-40(42)49)44-46-36-20-9-11-22-38(36)48(44)2;/h3-24,26H,1-2H3;/q-2;+2. The summed E-state index contributed by atoms with van der Waals surface area (Å²) in [6.45, 7) is 0. The van der Waals surface area contributed by atoms with Crippen LogP contribution in [0.1, 0.15) is 0 Å². The van der Waals surface area contributed by atoms with Gasteiger partial charge in [0.1, 0.15) is 0 Å². The zero-order chi connectivity index (χ0) is 32.6. The van der Waals surface area contributed by atoms with Crippen LogP contribution in [0, 0.1) is 12.1 Å². The van der Waals surface area contributed by atoms with Gasteiger partial charge >= 0.3 is 21.1 Å². The fourth-order valence-corrected chi connectivity index (χ4v) is 7.53. The van der Waals surface area contributed by atoms with Crippen LogP contribution in [0.5, 0.6) is 0 Å². The van der Waals surface area contributed by atoms with E-state index >= 15 is 0 Å². The quantitative estimate of drug-likeness (QED) is 0.166. The molecule has 3 aromatic heterocycles. The van der Waals surface area contributed by atoms with E-state index in [1.165, 1.54) is 16.2 Å². The molecule has 10 rings (SSSR count). The Morgan fingerprint density at radius 2 is 1.16 bits per heavy atom. The fraction of sp³-hybridized carbons (Fsp3) is 0.0455. The summed E-state index contributed by atoms with van der Waals surface area (Å²) in [6.07, 6.45) is 0. The number of rotatable bonds is 4. The molecule has 0 radical (unpaired) electrons. The Kier molecular flexibility index (Phi) is 7.08. The topological polar surface area (TPSA) is 40.6 Å². The average Bonchev–Trinajstić information content (AvgIpc) is 3.80. The minimum atomic E-state index is 0. The van der Waals surface area contributed by atoms with Gasteiger partial charge in [-0.05, 0) is 63.3 Å². The van der Waals surface area contributed by atoms with Crippen molar-refractivity contribution in [1.29, 1.82) is 0 Å². The van der Waals surface area contributed by atoms with Crippen molar-refractivity contribution in [2.24, 2.45) is 14.1 Å². The first kappa shape index (κ1) is 30.3. The molecule has 5 nitrogen and oxygen atoms in total. The summed E-state index contributed by atoms with van der Waals surface area (Å²) in [7, 11) is 4.16. The van der Waals surface area contributed by atoms with Gasteiger partial charge in [0, 0.05) is 19.6 Å². The van der Waals surface area contributed by atoms with Gasteiger partial charge < -0.3 is 13.7 Å². The number of hydrogen-bond acceptors (Lipinski definition) is 2. The van der Waals surface area contributed by atoms with Crippen LogP contribution >= 0.6 is 0 Å². The predicted octanol–water partition coefficient (Wildman–Crippen LogP) is 10.3. The van der Waals surface area contributed by atoms with Crippen molar-refractivity contribution < 1.29 is 21.1 Å². The number of fused-ring (bicyclic) bond motifs is 7. The second kappa shape index (κ2) is 11.7. The molecule has 7 aromatic carbocycles. The second-order valence-corrected chi connectivity index (χ2v) is 12.6. The number of nitrogens with zero attached hydrogens (tertiary/aromatic N) is 5. The monoisotopic (exact) mass is 822 g/mol. The summed E-state index contributed by atoms with van der Waals surface area (Å²) in [5, 5.41) is 4.75. The van der Waals surface area contributed by atoms with E-state index < -0.39 is 0 Å². The molecule has 3 heterocycles. The third-order valence-corrected chi connectivity index (χ3v) is 9.83. The molecule has 10 aromatic rings. The van der Waals surface area contributed by atoms with E-state index in [9.17, 15) is 0 Å². The van der Waals surface area contributed by atoms with Gasteiger partial charge in [-0.3, -0.25) is 9.97 Å². The third kappa shape index (κ3) is 4.50. The molecule has 6 heteroatoms. The Balaban J connectivity index is 0.00000336. The first-order valence-corrected chi connectivity index (χ1v) is 16.5. The fourth-order valence-electron chi connectivity index (χ4n) is 7.53. The van der Waals surface area contributed by atoms with Gasteiger partial charge in [-0.2, -0.15) is 0 Å². The molecule has 0 bridgehead atoms. The van der Waals surface area contributed by atoms with Crippen molar-refractivity contribution in [3.05, 3.63) is 152 Å². The van der Waals surface area contributed by atoms with Crippen molar-refractivity contribution in [2.75, 3.05) is 0 Å². The normalized spacial score (nSPS) is 11.6. The van der Waals surface area contributed by atoms with Crippen molar-refractivity contribution in [1.82, 2.24) is 23.7 Å². The van der Waals surface area contributed by atoms with Crippen LogP contribution in [0.3, 0.4) is 0 Å². The molecule has 50 heavy (non-hydrogen) atoms. The molecule has 0 unspecified atom stereocenters. The SMILES string of the molecule is Cn1c(-c2[c-]c(-n3c4[c-]c(-c5nc6ccccc6n5C)cc(-c5ccccc5)c4c4c5ccccc5ccc43)ccc2)nc2ccccc21.[Pt+2]. The molecule has 240 valence electrons. The summed E-state index contributed by atoms with van der Waals surface area (Å²) >= 11 is 0. The molecule has 0 aliphatic carbocycles. The van der Waals surface area contributed by atoms with Gasteiger partial charge in [0.25, 0.3) is 0 Å². The van der Waals surface area contributed by atoms with E-state index in [4.69, 9.17) is 9.97 Å². The molecule has 0 N–H and O–H groups in total. The molecule has 0 saturated carbocycles. The Hall–Kier alpha value is -5.77. The zero-order valence-corrected chi connectivity index (χ0v) is 29.6. The van der Waals surface area contributed by atoms with Gasteiger partial charge in [0.2, 0.25) is 0 Å².